The molecular weight excluding hydrogens is 272 g/mol. The second-order valence-corrected chi connectivity index (χ2v) is 5.55. The maximum Gasteiger partial charge on any atom is 0.276 e. The molecule has 0 saturated carbocycles. The van der Waals surface area contributed by atoms with E-state index in [1.807, 2.05) is 25.3 Å². The molecule has 0 atom stereocenters. The zero-order chi connectivity index (χ0) is 14.5. The number of aromatic nitrogens is 3. The van der Waals surface area contributed by atoms with E-state index in [1.165, 1.54) is 16.0 Å². The van der Waals surface area contributed by atoms with Crippen molar-refractivity contribution >= 4 is 16.5 Å². The minimum atomic E-state index is -0.0650. The molecule has 0 spiro atoms. The normalized spacial score (nSPS) is 10.8. The number of anilines is 1. The maximum absolute atomic E-state index is 12.4. The summed E-state index contributed by atoms with van der Waals surface area (Å²) in [7, 11) is 0. The summed E-state index contributed by atoms with van der Waals surface area (Å²) in [6.45, 7) is 7.57. The Labute approximate surface area is 122 Å². The van der Waals surface area contributed by atoms with Gasteiger partial charge in [-0.2, -0.15) is 5.10 Å². The van der Waals surface area contributed by atoms with Crippen LogP contribution >= 0.6 is 11.3 Å². The minimum Gasteiger partial charge on any atom is -0.362 e. The third-order valence-electron chi connectivity index (χ3n) is 2.84. The van der Waals surface area contributed by atoms with Crippen molar-refractivity contribution in [3.05, 3.63) is 27.5 Å². The van der Waals surface area contributed by atoms with Crippen molar-refractivity contribution in [1.29, 1.82) is 0 Å². The lowest BCUT2D eigenvalue weighted by molar-refractivity contribution is 0.562. The molecule has 20 heavy (non-hydrogen) atoms. The third kappa shape index (κ3) is 3.25. The van der Waals surface area contributed by atoms with E-state index in [-0.39, 0.29) is 5.56 Å². The van der Waals surface area contributed by atoms with Gasteiger partial charge in [-0.15, -0.1) is 11.3 Å². The predicted octanol–water partition coefficient (Wildman–Crippen LogP) is 2.91. The van der Waals surface area contributed by atoms with Crippen LogP contribution in [0, 0.1) is 6.92 Å². The first-order valence-electron chi connectivity index (χ1n) is 6.94. The molecule has 1 N–H and O–H groups in total. The molecule has 0 bridgehead atoms. The van der Waals surface area contributed by atoms with Gasteiger partial charge in [-0.25, -0.2) is 9.67 Å². The fourth-order valence-corrected chi connectivity index (χ4v) is 2.67. The van der Waals surface area contributed by atoms with Crippen LogP contribution in [0.1, 0.15) is 32.4 Å². The molecule has 2 aromatic heterocycles. The van der Waals surface area contributed by atoms with Crippen molar-refractivity contribution in [2.45, 2.75) is 40.2 Å². The summed E-state index contributed by atoms with van der Waals surface area (Å²) in [6, 6.07) is 1.81. The molecule has 2 rings (SSSR count). The smallest absolute Gasteiger partial charge is 0.276 e. The first-order valence-corrected chi connectivity index (χ1v) is 7.82. The van der Waals surface area contributed by atoms with Crippen molar-refractivity contribution in [1.82, 2.24) is 14.8 Å². The molecule has 0 aliphatic heterocycles. The molecule has 0 aliphatic rings. The Hall–Kier alpha value is -1.69. The first kappa shape index (κ1) is 14.7. The van der Waals surface area contributed by atoms with Crippen LogP contribution in [0.25, 0.3) is 11.3 Å². The quantitative estimate of drug-likeness (QED) is 0.889. The van der Waals surface area contributed by atoms with Gasteiger partial charge >= 0.3 is 0 Å². The van der Waals surface area contributed by atoms with Crippen LogP contribution in [0.4, 0.5) is 5.13 Å². The standard InChI is InChI=1S/C14H20N4OS/c1-4-6-15-14-16-12(9-20-14)11-8-10(3)17-18(7-5-2)13(11)19/h8-9H,4-7H2,1-3H3,(H,15,16). The van der Waals surface area contributed by atoms with Crippen LogP contribution in [-0.2, 0) is 6.54 Å². The van der Waals surface area contributed by atoms with Gasteiger partial charge in [-0.05, 0) is 25.8 Å². The number of aryl methyl sites for hydroxylation is 2. The Kier molecular flexibility index (Phi) is 4.89. The third-order valence-corrected chi connectivity index (χ3v) is 3.64. The van der Waals surface area contributed by atoms with Crippen LogP contribution in [0.2, 0.25) is 0 Å². The van der Waals surface area contributed by atoms with Gasteiger partial charge in [0.25, 0.3) is 5.56 Å². The van der Waals surface area contributed by atoms with E-state index in [0.29, 0.717) is 12.1 Å². The highest BCUT2D eigenvalue weighted by molar-refractivity contribution is 7.14. The van der Waals surface area contributed by atoms with E-state index >= 15 is 0 Å². The average Bonchev–Trinajstić information content (AvgIpc) is 2.89. The molecule has 0 saturated heterocycles. The molecule has 108 valence electrons. The molecule has 0 fully saturated rings. The fourth-order valence-electron chi connectivity index (χ4n) is 1.93. The SMILES string of the molecule is CCCNc1nc(-c2cc(C)nn(CCC)c2=O)cs1. The monoisotopic (exact) mass is 292 g/mol. The molecule has 2 heterocycles. The minimum absolute atomic E-state index is 0.0650. The Bertz CT molecular complexity index is 632. The van der Waals surface area contributed by atoms with Gasteiger partial charge in [-0.1, -0.05) is 13.8 Å². The summed E-state index contributed by atoms with van der Waals surface area (Å²) in [5.41, 5.74) is 2.13. The van der Waals surface area contributed by atoms with E-state index in [9.17, 15) is 4.79 Å². The molecule has 0 radical (unpaired) electrons. The second-order valence-electron chi connectivity index (χ2n) is 4.69. The Balaban J connectivity index is 2.36. The topological polar surface area (TPSA) is 59.8 Å². The summed E-state index contributed by atoms with van der Waals surface area (Å²) in [4.78, 5) is 16.9. The van der Waals surface area contributed by atoms with Crippen LogP contribution in [0.15, 0.2) is 16.2 Å². The summed E-state index contributed by atoms with van der Waals surface area (Å²) in [6.07, 6.45) is 1.93. The fraction of sp³-hybridized carbons (Fsp3) is 0.500. The van der Waals surface area contributed by atoms with E-state index in [1.54, 1.807) is 0 Å². The van der Waals surface area contributed by atoms with E-state index in [0.717, 1.165) is 35.9 Å². The van der Waals surface area contributed by atoms with E-state index in [2.05, 4.69) is 22.3 Å². The lowest BCUT2D eigenvalue weighted by Gasteiger charge is -2.06. The zero-order valence-corrected chi connectivity index (χ0v) is 13.0. The van der Waals surface area contributed by atoms with Gasteiger partial charge < -0.3 is 5.32 Å². The van der Waals surface area contributed by atoms with Crippen molar-refractivity contribution in [2.75, 3.05) is 11.9 Å². The zero-order valence-electron chi connectivity index (χ0n) is 12.1. The molecule has 0 aliphatic carbocycles. The largest absolute Gasteiger partial charge is 0.362 e. The number of nitrogens with one attached hydrogen (secondary N) is 1. The van der Waals surface area contributed by atoms with Crippen LogP contribution < -0.4 is 10.9 Å². The highest BCUT2D eigenvalue weighted by atomic mass is 32.1. The Morgan fingerprint density at radius 3 is 2.85 bits per heavy atom. The summed E-state index contributed by atoms with van der Waals surface area (Å²) < 4.78 is 1.53. The molecule has 0 amide bonds. The van der Waals surface area contributed by atoms with Crippen molar-refractivity contribution in [3.63, 3.8) is 0 Å². The van der Waals surface area contributed by atoms with Crippen molar-refractivity contribution in [2.24, 2.45) is 0 Å². The first-order chi connectivity index (χ1) is 9.65. The lowest BCUT2D eigenvalue weighted by Crippen LogP contribution is -2.25. The maximum atomic E-state index is 12.4. The Morgan fingerprint density at radius 1 is 1.35 bits per heavy atom. The average molecular weight is 292 g/mol. The molecule has 5 nitrogen and oxygen atoms in total. The van der Waals surface area contributed by atoms with Gasteiger partial charge in [0.05, 0.1) is 17.0 Å². The Morgan fingerprint density at radius 2 is 2.15 bits per heavy atom. The molecular formula is C14H20N4OS. The highest BCUT2D eigenvalue weighted by Crippen LogP contribution is 2.22. The van der Waals surface area contributed by atoms with Crippen LogP contribution in [0.5, 0.6) is 0 Å². The lowest BCUT2D eigenvalue weighted by atomic mass is 10.2. The molecule has 0 aromatic carbocycles. The number of rotatable bonds is 6. The van der Waals surface area contributed by atoms with Gasteiger partial charge in [-0.3, -0.25) is 4.79 Å². The number of hydrogen-bond acceptors (Lipinski definition) is 5. The molecule has 6 heteroatoms. The van der Waals surface area contributed by atoms with Crippen molar-refractivity contribution < 1.29 is 0 Å². The second kappa shape index (κ2) is 6.65. The van der Waals surface area contributed by atoms with Crippen molar-refractivity contribution in [3.8, 4) is 11.3 Å². The summed E-state index contributed by atoms with van der Waals surface area (Å²) in [5, 5.41) is 10.3. The summed E-state index contributed by atoms with van der Waals surface area (Å²) in [5.74, 6) is 0. The number of nitrogens with zero attached hydrogens (tertiary/aromatic N) is 3. The highest BCUT2D eigenvalue weighted by Gasteiger charge is 2.12. The molecule has 2 aromatic rings. The number of thiazole rings is 1. The van der Waals surface area contributed by atoms with Crippen LogP contribution in [0.3, 0.4) is 0 Å². The van der Waals surface area contributed by atoms with Gasteiger partial charge in [0.15, 0.2) is 5.13 Å². The van der Waals surface area contributed by atoms with Crippen LogP contribution in [-0.4, -0.2) is 21.3 Å². The van der Waals surface area contributed by atoms with Gasteiger partial charge in [0.1, 0.15) is 0 Å². The van der Waals surface area contributed by atoms with Gasteiger partial charge in [0.2, 0.25) is 0 Å². The van der Waals surface area contributed by atoms with Gasteiger partial charge in [0, 0.05) is 18.5 Å². The van der Waals surface area contributed by atoms with E-state index in [4.69, 9.17) is 0 Å². The molecule has 0 unspecified atom stereocenters. The predicted molar refractivity (Wildman–Crippen MR) is 83.4 cm³/mol. The van der Waals surface area contributed by atoms with E-state index < -0.39 is 0 Å². The summed E-state index contributed by atoms with van der Waals surface area (Å²) >= 11 is 1.53. The number of hydrogen-bond donors (Lipinski definition) is 1.